The molecule has 5 heterocycles. The summed E-state index contributed by atoms with van der Waals surface area (Å²) >= 11 is 0. The predicted octanol–water partition coefficient (Wildman–Crippen LogP) is 4.95. The average Bonchev–Trinajstić information content (AvgIpc) is 3.29. The summed E-state index contributed by atoms with van der Waals surface area (Å²) in [7, 11) is 0. The van der Waals surface area contributed by atoms with Crippen molar-refractivity contribution in [3.05, 3.63) is 114 Å². The summed E-state index contributed by atoms with van der Waals surface area (Å²) in [5.41, 5.74) is 3.72. The molecule has 1 saturated heterocycles. The van der Waals surface area contributed by atoms with Crippen molar-refractivity contribution in [2.24, 2.45) is 9.98 Å². The van der Waals surface area contributed by atoms with Gasteiger partial charge >= 0.3 is 6.18 Å². The van der Waals surface area contributed by atoms with Crippen LogP contribution in [0.5, 0.6) is 0 Å². The third-order valence-electron chi connectivity index (χ3n) is 6.99. The van der Waals surface area contributed by atoms with Crippen molar-refractivity contribution < 1.29 is 22.4 Å². The van der Waals surface area contributed by atoms with E-state index in [0.29, 0.717) is 35.8 Å². The van der Waals surface area contributed by atoms with Gasteiger partial charge in [0.25, 0.3) is 0 Å². The molecular weight excluding hydrogens is 524 g/mol. The first-order valence-electron chi connectivity index (χ1n) is 12.6. The minimum Gasteiger partial charge on any atom is -0.336 e. The normalized spacial score (nSPS) is 21.9. The summed E-state index contributed by atoms with van der Waals surface area (Å²) in [6.45, 7) is 0.934. The Bertz CT molecular complexity index is 1600. The largest absolute Gasteiger partial charge is 0.416 e. The van der Waals surface area contributed by atoms with Crippen LogP contribution in [0.3, 0.4) is 0 Å². The van der Waals surface area contributed by atoms with E-state index in [1.165, 1.54) is 29.5 Å². The van der Waals surface area contributed by atoms with Gasteiger partial charge in [0.2, 0.25) is 5.91 Å². The lowest BCUT2D eigenvalue weighted by Crippen LogP contribution is -2.59. The van der Waals surface area contributed by atoms with Crippen molar-refractivity contribution in [3.63, 3.8) is 0 Å². The minimum atomic E-state index is -4.54. The molecule has 0 saturated carbocycles. The van der Waals surface area contributed by atoms with Gasteiger partial charge in [-0.1, -0.05) is 36.1 Å². The first-order chi connectivity index (χ1) is 19.3. The van der Waals surface area contributed by atoms with Crippen LogP contribution in [-0.4, -0.2) is 61.8 Å². The van der Waals surface area contributed by atoms with Crippen molar-refractivity contribution in [1.82, 2.24) is 19.6 Å². The number of fused-ring (bicyclic) bond motifs is 1. The second-order valence-electron chi connectivity index (χ2n) is 9.52. The number of amides is 1. The van der Waals surface area contributed by atoms with E-state index in [1.54, 1.807) is 52.2 Å². The van der Waals surface area contributed by atoms with Crippen LogP contribution in [0.4, 0.5) is 17.6 Å². The molecule has 1 unspecified atom stereocenters. The quantitative estimate of drug-likeness (QED) is 0.394. The fraction of sp³-hybridized carbons (Fsp3) is 0.207. The summed E-state index contributed by atoms with van der Waals surface area (Å²) in [6, 6.07) is 9.79. The van der Waals surface area contributed by atoms with Gasteiger partial charge < -0.3 is 9.80 Å². The Morgan fingerprint density at radius 2 is 1.93 bits per heavy atom. The Balaban J connectivity index is 1.23. The van der Waals surface area contributed by atoms with Gasteiger partial charge in [-0.2, -0.15) is 22.7 Å². The molecule has 6 rings (SSSR count). The number of nitrogens with zero attached hydrogens (tertiary/aromatic N) is 6. The van der Waals surface area contributed by atoms with E-state index in [4.69, 9.17) is 0 Å². The van der Waals surface area contributed by atoms with Crippen LogP contribution in [-0.2, 0) is 11.3 Å². The molecule has 0 radical (unpaired) electrons. The minimum absolute atomic E-state index is 0.0560. The molecule has 1 aromatic carbocycles. The van der Waals surface area contributed by atoms with Crippen LogP contribution in [0.1, 0.15) is 17.7 Å². The Morgan fingerprint density at radius 1 is 1.10 bits per heavy atom. The van der Waals surface area contributed by atoms with Gasteiger partial charge in [-0.15, -0.1) is 0 Å². The maximum atomic E-state index is 13.8. The van der Waals surface area contributed by atoms with E-state index < -0.39 is 23.6 Å². The zero-order valence-corrected chi connectivity index (χ0v) is 21.0. The first kappa shape index (κ1) is 25.5. The maximum absolute atomic E-state index is 13.8. The Morgan fingerprint density at radius 3 is 2.67 bits per heavy atom. The SMILES string of the molecule is O=C(C1C=C(c2ccccc2)N=C2C=C(C(F)(F)F)C=CN21)N1CC[C@H]1Cn1ccc(C2=NC=C=C(F)C=C2)n1. The zero-order chi connectivity index (χ0) is 27.9. The summed E-state index contributed by atoms with van der Waals surface area (Å²) in [5, 5.41) is 4.53. The highest BCUT2D eigenvalue weighted by Gasteiger charge is 2.42. The topological polar surface area (TPSA) is 66.1 Å². The van der Waals surface area contributed by atoms with Crippen LogP contribution in [0.2, 0.25) is 0 Å². The number of amidine groups is 1. The molecule has 2 atom stereocenters. The molecular formula is C29H22F4N6O. The number of carbonyl (C=O) groups excluding carboxylic acids is 1. The lowest BCUT2D eigenvalue weighted by atomic mass is 9.98. The van der Waals surface area contributed by atoms with Gasteiger partial charge in [-0.3, -0.25) is 9.48 Å². The molecule has 202 valence electrons. The first-order valence-corrected chi connectivity index (χ1v) is 12.6. The lowest BCUT2D eigenvalue weighted by molar-refractivity contribution is -0.141. The molecule has 40 heavy (non-hydrogen) atoms. The molecule has 4 aliphatic rings. The highest BCUT2D eigenvalue weighted by atomic mass is 19.4. The molecule has 0 aliphatic carbocycles. The van der Waals surface area contributed by atoms with Crippen LogP contribution < -0.4 is 0 Å². The maximum Gasteiger partial charge on any atom is 0.416 e. The number of rotatable bonds is 5. The molecule has 7 nitrogen and oxygen atoms in total. The smallest absolute Gasteiger partial charge is 0.336 e. The van der Waals surface area contributed by atoms with E-state index in [1.807, 2.05) is 6.07 Å². The van der Waals surface area contributed by atoms with Crippen molar-refractivity contribution >= 4 is 23.2 Å². The molecule has 0 bridgehead atoms. The van der Waals surface area contributed by atoms with Gasteiger partial charge in [-0.25, -0.2) is 9.98 Å². The zero-order valence-electron chi connectivity index (χ0n) is 21.0. The molecule has 2 aromatic rings. The van der Waals surface area contributed by atoms with Gasteiger partial charge in [0.05, 0.1) is 35.8 Å². The standard InChI is InChI=1S/C29H22F4N6O/c30-21-6-7-23(34-12-8-21)24-11-13-37(36-24)18-22-10-15-38(22)28(40)26-17-25(19-4-2-1-3-5-19)35-27-16-20(29(31,32)33)9-14-39(26)27/h1-7,9,11-14,16-17,22,26H,10,15,18H2/t22-,26?/m0/s1. The molecule has 0 N–H and O–H groups in total. The van der Waals surface area contributed by atoms with E-state index in [-0.39, 0.29) is 17.8 Å². The number of alkyl halides is 3. The summed E-state index contributed by atoms with van der Waals surface area (Å²) in [6.07, 6.45) is 6.88. The van der Waals surface area contributed by atoms with Gasteiger partial charge in [0, 0.05) is 18.9 Å². The molecule has 11 heteroatoms. The monoisotopic (exact) mass is 546 g/mol. The van der Waals surface area contributed by atoms with Crippen molar-refractivity contribution in [2.75, 3.05) is 6.54 Å². The number of hydrogen-bond acceptors (Lipinski definition) is 5. The Labute approximate surface area is 226 Å². The third kappa shape index (κ3) is 4.99. The molecule has 4 aliphatic heterocycles. The molecule has 1 fully saturated rings. The number of likely N-dealkylation sites (tertiary alicyclic amines) is 1. The summed E-state index contributed by atoms with van der Waals surface area (Å²) in [5.74, 6) is -0.711. The van der Waals surface area contributed by atoms with E-state index in [2.05, 4.69) is 20.8 Å². The predicted molar refractivity (Wildman–Crippen MR) is 141 cm³/mol. The number of halogens is 4. The second kappa shape index (κ2) is 10.1. The average molecular weight is 547 g/mol. The Kier molecular flexibility index (Phi) is 6.43. The third-order valence-corrected chi connectivity index (χ3v) is 6.99. The number of benzene rings is 1. The molecule has 1 aromatic heterocycles. The van der Waals surface area contributed by atoms with Gasteiger partial charge in [0.1, 0.15) is 17.6 Å². The number of allylic oxidation sites excluding steroid dienone is 5. The number of aromatic nitrogens is 2. The van der Waals surface area contributed by atoms with Crippen LogP contribution in [0.25, 0.3) is 5.70 Å². The highest BCUT2D eigenvalue weighted by molar-refractivity contribution is 6.08. The van der Waals surface area contributed by atoms with E-state index >= 15 is 0 Å². The lowest BCUT2D eigenvalue weighted by Gasteiger charge is -2.44. The van der Waals surface area contributed by atoms with Crippen LogP contribution >= 0.6 is 0 Å². The van der Waals surface area contributed by atoms with E-state index in [9.17, 15) is 22.4 Å². The summed E-state index contributed by atoms with van der Waals surface area (Å²) in [4.78, 5) is 25.6. The fourth-order valence-electron chi connectivity index (χ4n) is 4.82. The number of aliphatic imine (C=N–C) groups is 2. The van der Waals surface area contributed by atoms with Crippen molar-refractivity contribution in [1.29, 1.82) is 0 Å². The molecule has 1 amide bonds. The fourth-order valence-corrected chi connectivity index (χ4v) is 4.82. The van der Waals surface area contributed by atoms with Crippen molar-refractivity contribution in [2.45, 2.75) is 31.2 Å². The van der Waals surface area contributed by atoms with Gasteiger partial charge in [-0.05, 0) is 48.4 Å². The highest BCUT2D eigenvalue weighted by Crippen LogP contribution is 2.34. The van der Waals surface area contributed by atoms with Gasteiger partial charge in [0.15, 0.2) is 5.83 Å². The second-order valence-corrected chi connectivity index (χ2v) is 9.52. The molecule has 0 spiro atoms. The van der Waals surface area contributed by atoms with E-state index in [0.717, 1.165) is 18.6 Å². The number of carbonyl (C=O) groups is 1. The summed E-state index contributed by atoms with van der Waals surface area (Å²) < 4.78 is 55.5. The van der Waals surface area contributed by atoms with Crippen molar-refractivity contribution in [3.8, 4) is 0 Å². The number of hydrogen-bond donors (Lipinski definition) is 0. The van der Waals surface area contributed by atoms with Crippen LogP contribution in [0.15, 0.2) is 112 Å². The van der Waals surface area contributed by atoms with Crippen LogP contribution in [0, 0.1) is 0 Å². The Hall–Kier alpha value is -4.76.